The lowest BCUT2D eigenvalue weighted by molar-refractivity contribution is 0.0832. The van der Waals surface area contributed by atoms with E-state index in [0.29, 0.717) is 19.7 Å². The van der Waals surface area contributed by atoms with E-state index in [1.165, 1.54) is 0 Å². The summed E-state index contributed by atoms with van der Waals surface area (Å²) in [4.78, 5) is 19.1. The van der Waals surface area contributed by atoms with Crippen molar-refractivity contribution < 1.29 is 17.9 Å². The number of carbonyl (C=O) groups excluding carboxylic acids is 1. The molecule has 158 valence electrons. The maximum Gasteiger partial charge on any atom is 0.227 e. The van der Waals surface area contributed by atoms with Crippen molar-refractivity contribution in [2.45, 2.75) is 38.0 Å². The van der Waals surface area contributed by atoms with Crippen LogP contribution in [0.3, 0.4) is 0 Å². The van der Waals surface area contributed by atoms with Crippen LogP contribution in [0.4, 0.5) is 0 Å². The number of imidazole rings is 1. The van der Waals surface area contributed by atoms with Gasteiger partial charge in [0.2, 0.25) is 15.0 Å². The highest BCUT2D eigenvalue weighted by atomic mass is 32.2. The Morgan fingerprint density at radius 2 is 1.90 bits per heavy atom. The molecule has 7 nitrogen and oxygen atoms in total. The lowest BCUT2D eigenvalue weighted by Gasteiger charge is -2.31. The Morgan fingerprint density at radius 1 is 1.21 bits per heavy atom. The van der Waals surface area contributed by atoms with Crippen molar-refractivity contribution in [3.63, 3.8) is 0 Å². The molecule has 0 amide bonds. The van der Waals surface area contributed by atoms with Gasteiger partial charge in [0.1, 0.15) is 0 Å². The molecule has 0 aliphatic carbocycles. The van der Waals surface area contributed by atoms with Crippen LogP contribution in [0.25, 0.3) is 0 Å². The quantitative estimate of drug-likeness (QED) is 0.581. The molecular weight excluding hydrogens is 390 g/mol. The second kappa shape index (κ2) is 9.65. The number of rotatable bonds is 9. The molecule has 1 aromatic carbocycles. The van der Waals surface area contributed by atoms with Crippen LogP contribution < -0.4 is 0 Å². The lowest BCUT2D eigenvalue weighted by atomic mass is 9.89. The van der Waals surface area contributed by atoms with Crippen molar-refractivity contribution in [2.24, 2.45) is 5.92 Å². The minimum absolute atomic E-state index is 0.0173. The van der Waals surface area contributed by atoms with Crippen molar-refractivity contribution >= 4 is 15.6 Å². The summed E-state index contributed by atoms with van der Waals surface area (Å²) in [7, 11) is -1.80. The summed E-state index contributed by atoms with van der Waals surface area (Å²) in [6.45, 7) is 4.71. The summed E-state index contributed by atoms with van der Waals surface area (Å²) in [6.07, 6.45) is 3.26. The third kappa shape index (κ3) is 5.12. The van der Waals surface area contributed by atoms with Crippen molar-refractivity contribution in [2.75, 3.05) is 32.6 Å². The summed E-state index contributed by atoms with van der Waals surface area (Å²) in [5.41, 5.74) is 1.64. The van der Waals surface area contributed by atoms with E-state index < -0.39 is 9.84 Å². The minimum atomic E-state index is -3.40. The molecule has 0 atom stereocenters. The van der Waals surface area contributed by atoms with E-state index in [-0.39, 0.29) is 22.6 Å². The van der Waals surface area contributed by atoms with Gasteiger partial charge in [0, 0.05) is 31.7 Å². The molecule has 0 saturated carbocycles. The molecule has 1 aliphatic heterocycles. The molecular formula is C21H29N3O4S. The molecule has 1 saturated heterocycles. The highest BCUT2D eigenvalue weighted by Gasteiger charge is 2.27. The molecule has 0 spiro atoms. The number of hydrogen-bond acceptors (Lipinski definition) is 6. The predicted molar refractivity (Wildman–Crippen MR) is 111 cm³/mol. The molecule has 8 heteroatoms. The van der Waals surface area contributed by atoms with E-state index in [0.717, 1.165) is 37.2 Å². The molecule has 2 aromatic rings. The van der Waals surface area contributed by atoms with Gasteiger partial charge in [0.25, 0.3) is 0 Å². The molecule has 0 N–H and O–H groups in total. The number of Topliss-reactive ketones (excluding diaryl/α,β-unsaturated/α-hetero) is 1. The first kappa shape index (κ1) is 21.7. The van der Waals surface area contributed by atoms with Crippen LogP contribution in [0, 0.1) is 5.92 Å². The molecule has 1 aromatic heterocycles. The van der Waals surface area contributed by atoms with Gasteiger partial charge in [-0.15, -0.1) is 0 Å². The summed E-state index contributed by atoms with van der Waals surface area (Å²) >= 11 is 0. The predicted octanol–water partition coefficient (Wildman–Crippen LogP) is 2.42. The first-order chi connectivity index (χ1) is 14.0. The van der Waals surface area contributed by atoms with Crippen LogP contribution in [0.2, 0.25) is 0 Å². The summed E-state index contributed by atoms with van der Waals surface area (Å²) in [5.74, 6) is 0.276. The fraction of sp³-hybridized carbons (Fsp3) is 0.524. The summed E-state index contributed by atoms with van der Waals surface area (Å²) in [5, 5.41) is 0.112. The summed E-state index contributed by atoms with van der Waals surface area (Å²) < 4.78 is 31.6. The molecule has 0 radical (unpaired) electrons. The van der Waals surface area contributed by atoms with Gasteiger partial charge >= 0.3 is 0 Å². The number of methoxy groups -OCH3 is 1. The highest BCUT2D eigenvalue weighted by Crippen LogP contribution is 2.24. The van der Waals surface area contributed by atoms with Crippen molar-refractivity contribution in [1.82, 2.24) is 14.5 Å². The van der Waals surface area contributed by atoms with Crippen LogP contribution in [-0.2, 0) is 27.7 Å². The monoisotopic (exact) mass is 419 g/mol. The van der Waals surface area contributed by atoms with E-state index in [2.05, 4.69) is 9.88 Å². The summed E-state index contributed by atoms with van der Waals surface area (Å²) in [6, 6.07) is 9.45. The maximum absolute atomic E-state index is 12.7. The van der Waals surface area contributed by atoms with E-state index in [1.54, 1.807) is 24.8 Å². The van der Waals surface area contributed by atoms with Crippen molar-refractivity contribution in [3.8, 4) is 0 Å². The fourth-order valence-electron chi connectivity index (χ4n) is 3.74. The molecule has 0 bridgehead atoms. The number of hydrogen-bond donors (Lipinski definition) is 0. The maximum atomic E-state index is 12.7. The van der Waals surface area contributed by atoms with Gasteiger partial charge in [-0.3, -0.25) is 9.69 Å². The Balaban J connectivity index is 1.66. The van der Waals surface area contributed by atoms with Crippen LogP contribution >= 0.6 is 0 Å². The number of likely N-dealkylation sites (tertiary alicyclic amines) is 1. The largest absolute Gasteiger partial charge is 0.383 e. The molecule has 29 heavy (non-hydrogen) atoms. The zero-order valence-electron chi connectivity index (χ0n) is 17.1. The van der Waals surface area contributed by atoms with E-state index >= 15 is 0 Å². The number of aromatic nitrogens is 2. The number of ether oxygens (including phenoxy) is 1. The zero-order valence-corrected chi connectivity index (χ0v) is 17.9. The van der Waals surface area contributed by atoms with Gasteiger partial charge < -0.3 is 9.30 Å². The van der Waals surface area contributed by atoms with Gasteiger partial charge in [0.15, 0.2) is 5.78 Å². The van der Waals surface area contributed by atoms with Gasteiger partial charge in [-0.1, -0.05) is 37.3 Å². The van der Waals surface area contributed by atoms with Gasteiger partial charge in [-0.05, 0) is 25.9 Å². The van der Waals surface area contributed by atoms with Crippen molar-refractivity contribution in [1.29, 1.82) is 0 Å². The Bertz CT molecular complexity index is 917. The second-order valence-corrected chi connectivity index (χ2v) is 9.53. The van der Waals surface area contributed by atoms with Gasteiger partial charge in [-0.25, -0.2) is 13.4 Å². The normalized spacial score (nSPS) is 16.2. The number of piperidine rings is 1. The SMILES string of the molecule is CCS(=O)(=O)c1ncc(CN2CCC(C(=O)c3ccccc3)CC2)n1CCOC. The van der Waals surface area contributed by atoms with Gasteiger partial charge in [-0.2, -0.15) is 0 Å². The third-order valence-electron chi connectivity index (χ3n) is 5.48. The second-order valence-electron chi connectivity index (χ2n) is 7.36. The number of nitrogens with zero attached hydrogens (tertiary/aromatic N) is 3. The van der Waals surface area contributed by atoms with Crippen LogP contribution in [0.15, 0.2) is 41.7 Å². The van der Waals surface area contributed by atoms with E-state index in [9.17, 15) is 13.2 Å². The van der Waals surface area contributed by atoms with Crippen LogP contribution in [-0.4, -0.2) is 61.2 Å². The average molecular weight is 420 g/mol. The molecule has 0 unspecified atom stereocenters. The first-order valence-electron chi connectivity index (χ1n) is 10.0. The third-order valence-corrected chi connectivity index (χ3v) is 7.12. The molecule has 1 fully saturated rings. The molecule has 1 aliphatic rings. The Morgan fingerprint density at radius 3 is 2.52 bits per heavy atom. The molecule has 3 rings (SSSR count). The minimum Gasteiger partial charge on any atom is -0.383 e. The van der Waals surface area contributed by atoms with Crippen molar-refractivity contribution in [3.05, 3.63) is 47.8 Å². The Kier molecular flexibility index (Phi) is 7.21. The Labute approximate surface area is 172 Å². The smallest absolute Gasteiger partial charge is 0.227 e. The fourth-order valence-corrected chi connectivity index (χ4v) is 4.75. The number of sulfone groups is 1. The topological polar surface area (TPSA) is 81.5 Å². The first-order valence-corrected chi connectivity index (χ1v) is 11.7. The van der Waals surface area contributed by atoms with Crippen LogP contribution in [0.1, 0.15) is 35.8 Å². The lowest BCUT2D eigenvalue weighted by Crippen LogP contribution is -2.36. The number of benzene rings is 1. The standard InChI is InChI=1S/C21H29N3O4S/c1-3-29(26,27)21-22-15-19(24(21)13-14-28-2)16-23-11-9-18(10-12-23)20(25)17-7-5-4-6-8-17/h4-8,15,18H,3,9-14,16H2,1-2H3. The number of carbonyl (C=O) groups is 1. The van der Waals surface area contributed by atoms with Gasteiger partial charge in [0.05, 0.1) is 24.3 Å². The van der Waals surface area contributed by atoms with E-state index in [4.69, 9.17) is 4.74 Å². The highest BCUT2D eigenvalue weighted by molar-refractivity contribution is 7.91. The zero-order chi connectivity index (χ0) is 20.9. The molecule has 2 heterocycles. The van der Waals surface area contributed by atoms with Crippen LogP contribution in [0.5, 0.6) is 0 Å². The number of ketones is 1. The Hall–Kier alpha value is -2.03. The average Bonchev–Trinajstić information content (AvgIpc) is 3.16. The van der Waals surface area contributed by atoms with E-state index in [1.807, 2.05) is 30.3 Å².